The quantitative estimate of drug-likeness (QED) is 0.536. The molecule has 0 saturated heterocycles. The van der Waals surface area contributed by atoms with Crippen LogP contribution in [0.1, 0.15) is 13.8 Å². The van der Waals surface area contributed by atoms with Gasteiger partial charge in [0.15, 0.2) is 0 Å². The van der Waals surface area contributed by atoms with Crippen molar-refractivity contribution in [1.29, 1.82) is 0 Å². The van der Waals surface area contributed by atoms with Crippen molar-refractivity contribution in [2.45, 2.75) is 13.8 Å². The van der Waals surface area contributed by atoms with Crippen molar-refractivity contribution < 1.29 is 0 Å². The molecule has 1 rings (SSSR count). The molecule has 0 radical (unpaired) electrons. The van der Waals surface area contributed by atoms with Crippen LogP contribution in [-0.4, -0.2) is 4.99 Å². The van der Waals surface area contributed by atoms with Crippen LogP contribution in [0.4, 0.5) is 0 Å². The molecule has 1 nitrogen and oxygen atoms in total. The molecule has 0 amide bonds. The fourth-order valence-electron chi connectivity index (χ4n) is 0.888. The number of hydrogen-bond acceptors (Lipinski definition) is 1. The van der Waals surface area contributed by atoms with E-state index in [1.54, 1.807) is 0 Å². The van der Waals surface area contributed by atoms with Crippen molar-refractivity contribution in [2.75, 3.05) is 0 Å². The van der Waals surface area contributed by atoms with Crippen molar-refractivity contribution in [3.8, 4) is 0 Å². The van der Waals surface area contributed by atoms with E-state index < -0.39 is 0 Å². The lowest BCUT2D eigenvalue weighted by Gasteiger charge is -1.84. The molecular formula is C6H9NS. The highest BCUT2D eigenvalue weighted by Gasteiger charge is 2.29. The highest BCUT2D eigenvalue weighted by Crippen LogP contribution is 2.37. The zero-order chi connectivity index (χ0) is 6.31. The predicted octanol–water partition coefficient (Wildman–Crippen LogP) is 1.24. The van der Waals surface area contributed by atoms with Crippen LogP contribution in [0.25, 0.3) is 0 Å². The molecule has 0 aromatic carbocycles. The fourth-order valence-corrected chi connectivity index (χ4v) is 1.23. The Labute approximate surface area is 54.6 Å². The normalized spacial score (nSPS) is 26.0. The van der Waals surface area contributed by atoms with Crippen LogP contribution < -0.4 is 5.73 Å². The van der Waals surface area contributed by atoms with Gasteiger partial charge in [-0.1, -0.05) is 24.7 Å². The molecule has 0 aromatic heterocycles. The molecule has 1 aliphatic rings. The van der Waals surface area contributed by atoms with E-state index in [0.29, 0.717) is 10.9 Å². The summed E-state index contributed by atoms with van der Waals surface area (Å²) >= 11 is 4.76. The van der Waals surface area contributed by atoms with Gasteiger partial charge in [-0.2, -0.15) is 0 Å². The van der Waals surface area contributed by atoms with E-state index in [1.165, 1.54) is 11.1 Å². The van der Waals surface area contributed by atoms with Crippen LogP contribution >= 0.6 is 12.2 Å². The Bertz CT molecular complexity index is 169. The van der Waals surface area contributed by atoms with Crippen molar-refractivity contribution in [1.82, 2.24) is 0 Å². The average molecular weight is 127 g/mol. The number of allylic oxidation sites excluding steroid dienone is 1. The van der Waals surface area contributed by atoms with Gasteiger partial charge in [0.1, 0.15) is 0 Å². The number of rotatable bonds is 1. The Morgan fingerprint density at radius 3 is 2.12 bits per heavy atom. The molecule has 1 unspecified atom stereocenters. The molecule has 0 spiro atoms. The molecule has 2 heteroatoms. The van der Waals surface area contributed by atoms with Gasteiger partial charge >= 0.3 is 0 Å². The van der Waals surface area contributed by atoms with E-state index in [1.807, 2.05) is 0 Å². The number of hydrogen-bond donors (Lipinski definition) is 1. The largest absolute Gasteiger partial charge is 0.390 e. The minimum Gasteiger partial charge on any atom is -0.390 e. The minimum absolute atomic E-state index is 0.576. The Morgan fingerprint density at radius 1 is 1.75 bits per heavy atom. The third-order valence-electron chi connectivity index (χ3n) is 1.69. The SMILES string of the molecule is CC1=C(C(N)=S)C1C. The smallest absolute Gasteiger partial charge is 0.1000 e. The topological polar surface area (TPSA) is 26.0 Å². The van der Waals surface area contributed by atoms with Crippen LogP contribution in [0.3, 0.4) is 0 Å². The van der Waals surface area contributed by atoms with Crippen LogP contribution in [0.5, 0.6) is 0 Å². The second kappa shape index (κ2) is 1.55. The Kier molecular flexibility index (Phi) is 1.12. The summed E-state index contributed by atoms with van der Waals surface area (Å²) in [4.78, 5) is 0.579. The van der Waals surface area contributed by atoms with E-state index in [9.17, 15) is 0 Å². The monoisotopic (exact) mass is 127 g/mol. The summed E-state index contributed by atoms with van der Waals surface area (Å²) in [5.41, 5.74) is 7.91. The highest BCUT2D eigenvalue weighted by atomic mass is 32.1. The number of thiocarbonyl (C=S) groups is 1. The lowest BCUT2D eigenvalue weighted by Crippen LogP contribution is -2.06. The van der Waals surface area contributed by atoms with Crippen LogP contribution in [-0.2, 0) is 0 Å². The van der Waals surface area contributed by atoms with Gasteiger partial charge in [-0.3, -0.25) is 0 Å². The summed E-state index contributed by atoms with van der Waals surface area (Å²) in [6.45, 7) is 4.18. The number of nitrogens with two attached hydrogens (primary N) is 1. The second-order valence-electron chi connectivity index (χ2n) is 2.18. The lowest BCUT2D eigenvalue weighted by molar-refractivity contribution is 1.02. The van der Waals surface area contributed by atoms with E-state index >= 15 is 0 Å². The summed E-state index contributed by atoms with van der Waals surface area (Å²) < 4.78 is 0. The molecule has 0 heterocycles. The van der Waals surface area contributed by atoms with E-state index in [-0.39, 0.29) is 0 Å². The Morgan fingerprint density at radius 2 is 2.12 bits per heavy atom. The van der Waals surface area contributed by atoms with Crippen molar-refractivity contribution in [2.24, 2.45) is 11.7 Å². The van der Waals surface area contributed by atoms with Gasteiger partial charge in [-0.05, 0) is 12.5 Å². The fraction of sp³-hybridized carbons (Fsp3) is 0.500. The van der Waals surface area contributed by atoms with Gasteiger partial charge in [0.25, 0.3) is 0 Å². The highest BCUT2D eigenvalue weighted by molar-refractivity contribution is 7.80. The second-order valence-corrected chi connectivity index (χ2v) is 2.62. The summed E-state index contributed by atoms with van der Waals surface area (Å²) in [7, 11) is 0. The van der Waals surface area contributed by atoms with Crippen molar-refractivity contribution in [3.63, 3.8) is 0 Å². The molecule has 8 heavy (non-hydrogen) atoms. The zero-order valence-corrected chi connectivity index (χ0v) is 5.88. The molecule has 0 aromatic rings. The first-order valence-electron chi connectivity index (χ1n) is 2.65. The maximum atomic E-state index is 5.35. The molecule has 0 bridgehead atoms. The molecule has 1 aliphatic carbocycles. The average Bonchev–Trinajstić information content (AvgIpc) is 2.15. The van der Waals surface area contributed by atoms with Gasteiger partial charge in [0.2, 0.25) is 0 Å². The lowest BCUT2D eigenvalue weighted by atomic mass is 10.3. The van der Waals surface area contributed by atoms with Gasteiger partial charge in [-0.15, -0.1) is 0 Å². The third-order valence-corrected chi connectivity index (χ3v) is 1.91. The molecule has 44 valence electrons. The molecular weight excluding hydrogens is 118 g/mol. The Hall–Kier alpha value is -0.370. The molecule has 0 aliphatic heterocycles. The Balaban J connectivity index is 2.66. The van der Waals surface area contributed by atoms with Gasteiger partial charge < -0.3 is 5.73 Å². The predicted molar refractivity (Wildman–Crippen MR) is 38.6 cm³/mol. The van der Waals surface area contributed by atoms with E-state index in [4.69, 9.17) is 18.0 Å². The van der Waals surface area contributed by atoms with Crippen molar-refractivity contribution >= 4 is 17.2 Å². The zero-order valence-electron chi connectivity index (χ0n) is 5.06. The standard InChI is InChI=1S/C6H9NS/c1-3-4(2)5(3)6(7)8/h3H,1-2H3,(H2,7,8). The van der Waals surface area contributed by atoms with Gasteiger partial charge in [0, 0.05) is 5.92 Å². The minimum atomic E-state index is 0.576. The van der Waals surface area contributed by atoms with Crippen molar-refractivity contribution in [3.05, 3.63) is 11.1 Å². The first kappa shape index (κ1) is 5.76. The third kappa shape index (κ3) is 0.650. The maximum absolute atomic E-state index is 5.35. The first-order valence-corrected chi connectivity index (χ1v) is 3.06. The van der Waals surface area contributed by atoms with E-state index in [2.05, 4.69) is 13.8 Å². The summed E-state index contributed by atoms with van der Waals surface area (Å²) in [5, 5.41) is 0. The van der Waals surface area contributed by atoms with Crippen LogP contribution in [0.15, 0.2) is 11.1 Å². The first-order chi connectivity index (χ1) is 3.64. The summed E-state index contributed by atoms with van der Waals surface area (Å²) in [6, 6.07) is 0. The molecule has 0 fully saturated rings. The molecule has 1 atom stereocenters. The maximum Gasteiger partial charge on any atom is 0.1000 e. The van der Waals surface area contributed by atoms with Crippen LogP contribution in [0.2, 0.25) is 0 Å². The van der Waals surface area contributed by atoms with Gasteiger partial charge in [0.05, 0.1) is 4.99 Å². The van der Waals surface area contributed by atoms with Gasteiger partial charge in [-0.25, -0.2) is 0 Å². The summed E-state index contributed by atoms with van der Waals surface area (Å²) in [6.07, 6.45) is 0. The summed E-state index contributed by atoms with van der Waals surface area (Å²) in [5.74, 6) is 0.576. The van der Waals surface area contributed by atoms with Crippen LogP contribution in [0, 0.1) is 5.92 Å². The molecule has 2 N–H and O–H groups in total. The van der Waals surface area contributed by atoms with E-state index in [0.717, 1.165) is 0 Å². The molecule has 0 saturated carbocycles.